The van der Waals surface area contributed by atoms with E-state index in [0.717, 1.165) is 5.56 Å². The van der Waals surface area contributed by atoms with E-state index in [1.165, 1.54) is 18.7 Å². The van der Waals surface area contributed by atoms with Crippen LogP contribution in [0, 0.1) is 27.7 Å². The van der Waals surface area contributed by atoms with Gasteiger partial charge in [0.25, 0.3) is 5.91 Å². The van der Waals surface area contributed by atoms with Crippen molar-refractivity contribution in [3.05, 3.63) is 70.2 Å². The highest BCUT2D eigenvalue weighted by Gasteiger charge is 2.19. The summed E-state index contributed by atoms with van der Waals surface area (Å²) in [6.45, 7) is 9.09. The van der Waals surface area contributed by atoms with Gasteiger partial charge >= 0.3 is 0 Å². The van der Waals surface area contributed by atoms with Gasteiger partial charge in [0.2, 0.25) is 5.88 Å². The second-order valence-electron chi connectivity index (χ2n) is 6.87. The Labute approximate surface area is 164 Å². The van der Waals surface area contributed by atoms with Crippen molar-refractivity contribution in [1.82, 2.24) is 9.97 Å². The van der Waals surface area contributed by atoms with Crippen LogP contribution in [0.5, 0.6) is 11.6 Å². The predicted molar refractivity (Wildman–Crippen MR) is 108 cm³/mol. The van der Waals surface area contributed by atoms with E-state index in [4.69, 9.17) is 4.74 Å². The number of aromatic amines is 1. The van der Waals surface area contributed by atoms with Crippen molar-refractivity contribution in [3.63, 3.8) is 0 Å². The number of nitrogens with zero attached hydrogens (tertiary/aromatic N) is 1. The molecule has 0 saturated heterocycles. The van der Waals surface area contributed by atoms with Crippen LogP contribution in [-0.4, -0.2) is 21.7 Å². The molecule has 2 N–H and O–H groups in total. The van der Waals surface area contributed by atoms with E-state index in [0.29, 0.717) is 39.8 Å². The zero-order chi connectivity index (χ0) is 20.4. The number of ketones is 1. The standard InChI is InChI=1S/C22H23N3O3/c1-12-6-8-18(10-13(12)2)28-19-9-7-17(11-23-19)25-22(27)21-14(3)20(16(5)26)15(4)24-21/h6-11,24H,1-5H3,(H,25,27). The normalized spacial score (nSPS) is 10.6. The van der Waals surface area contributed by atoms with E-state index >= 15 is 0 Å². The summed E-state index contributed by atoms with van der Waals surface area (Å²) in [5.74, 6) is 0.756. The van der Waals surface area contributed by atoms with Crippen molar-refractivity contribution in [1.29, 1.82) is 0 Å². The fourth-order valence-electron chi connectivity index (χ4n) is 3.11. The van der Waals surface area contributed by atoms with Crippen molar-refractivity contribution in [3.8, 4) is 11.6 Å². The van der Waals surface area contributed by atoms with Gasteiger partial charge in [0.15, 0.2) is 5.78 Å². The molecule has 0 radical (unpaired) electrons. The largest absolute Gasteiger partial charge is 0.439 e. The lowest BCUT2D eigenvalue weighted by molar-refractivity contribution is 0.101. The van der Waals surface area contributed by atoms with E-state index < -0.39 is 0 Å². The van der Waals surface area contributed by atoms with Gasteiger partial charge in [0.05, 0.1) is 11.9 Å². The second-order valence-corrected chi connectivity index (χ2v) is 6.87. The molecule has 6 nitrogen and oxygen atoms in total. The van der Waals surface area contributed by atoms with Gasteiger partial charge < -0.3 is 15.0 Å². The smallest absolute Gasteiger partial charge is 0.272 e. The Bertz CT molecular complexity index is 1050. The number of amides is 1. The third-order valence-electron chi connectivity index (χ3n) is 4.71. The molecule has 0 aliphatic rings. The molecule has 0 fully saturated rings. The zero-order valence-corrected chi connectivity index (χ0v) is 16.6. The third kappa shape index (κ3) is 3.96. The molecule has 1 aromatic carbocycles. The van der Waals surface area contributed by atoms with Crippen LogP contribution in [0.1, 0.15) is 50.2 Å². The molecule has 0 aliphatic heterocycles. The van der Waals surface area contributed by atoms with E-state index in [9.17, 15) is 9.59 Å². The van der Waals surface area contributed by atoms with Gasteiger partial charge in [-0.15, -0.1) is 0 Å². The van der Waals surface area contributed by atoms with Crippen molar-refractivity contribution in [2.45, 2.75) is 34.6 Å². The Hall–Kier alpha value is -3.41. The molecule has 0 aliphatic carbocycles. The molecule has 2 aromatic heterocycles. The summed E-state index contributed by atoms with van der Waals surface area (Å²) >= 11 is 0. The number of carbonyl (C=O) groups is 2. The quantitative estimate of drug-likeness (QED) is 0.620. The Morgan fingerprint density at radius 1 is 1.04 bits per heavy atom. The molecule has 2 heterocycles. The molecule has 0 unspecified atom stereocenters. The van der Waals surface area contributed by atoms with Crippen molar-refractivity contribution >= 4 is 17.4 Å². The molecule has 0 atom stereocenters. The van der Waals surface area contributed by atoms with Gasteiger partial charge in [0.1, 0.15) is 11.4 Å². The van der Waals surface area contributed by atoms with Gasteiger partial charge in [-0.3, -0.25) is 9.59 Å². The average molecular weight is 377 g/mol. The van der Waals surface area contributed by atoms with Gasteiger partial charge in [-0.1, -0.05) is 6.07 Å². The number of carbonyl (C=O) groups excluding carboxylic acids is 2. The number of nitrogens with one attached hydrogen (secondary N) is 2. The van der Waals surface area contributed by atoms with Gasteiger partial charge in [0, 0.05) is 17.3 Å². The maximum absolute atomic E-state index is 12.6. The number of Topliss-reactive ketones (excluding diaryl/α,β-unsaturated/α-hetero) is 1. The van der Waals surface area contributed by atoms with E-state index in [-0.39, 0.29) is 11.7 Å². The third-order valence-corrected chi connectivity index (χ3v) is 4.71. The lowest BCUT2D eigenvalue weighted by atomic mass is 10.1. The first-order valence-corrected chi connectivity index (χ1v) is 8.99. The summed E-state index contributed by atoms with van der Waals surface area (Å²) < 4.78 is 5.76. The van der Waals surface area contributed by atoms with Gasteiger partial charge in [-0.2, -0.15) is 0 Å². The van der Waals surface area contributed by atoms with E-state index in [1.807, 2.05) is 32.0 Å². The summed E-state index contributed by atoms with van der Waals surface area (Å²) in [6, 6.07) is 9.25. The Morgan fingerprint density at radius 2 is 1.79 bits per heavy atom. The first-order valence-electron chi connectivity index (χ1n) is 8.99. The molecule has 0 saturated carbocycles. The summed E-state index contributed by atoms with van der Waals surface area (Å²) in [5.41, 5.74) is 5.13. The molecule has 6 heteroatoms. The molecular weight excluding hydrogens is 354 g/mol. The summed E-state index contributed by atoms with van der Waals surface area (Å²) in [7, 11) is 0. The number of hydrogen-bond acceptors (Lipinski definition) is 4. The summed E-state index contributed by atoms with van der Waals surface area (Å²) in [5, 5.41) is 2.79. The lowest BCUT2D eigenvalue weighted by Gasteiger charge is -2.08. The van der Waals surface area contributed by atoms with Crippen LogP contribution in [0.15, 0.2) is 36.5 Å². The molecule has 0 spiro atoms. The topological polar surface area (TPSA) is 84.1 Å². The van der Waals surface area contributed by atoms with Crippen molar-refractivity contribution in [2.24, 2.45) is 0 Å². The maximum atomic E-state index is 12.6. The van der Waals surface area contributed by atoms with E-state index in [1.54, 1.807) is 26.0 Å². The van der Waals surface area contributed by atoms with Crippen LogP contribution in [0.4, 0.5) is 5.69 Å². The highest BCUT2D eigenvalue weighted by atomic mass is 16.5. The van der Waals surface area contributed by atoms with Crippen LogP contribution in [0.25, 0.3) is 0 Å². The van der Waals surface area contributed by atoms with Crippen LogP contribution in [0.3, 0.4) is 0 Å². The summed E-state index contributed by atoms with van der Waals surface area (Å²) in [6.07, 6.45) is 1.53. The summed E-state index contributed by atoms with van der Waals surface area (Å²) in [4.78, 5) is 31.5. The maximum Gasteiger partial charge on any atom is 0.272 e. The number of H-pyrrole nitrogens is 1. The first-order chi connectivity index (χ1) is 13.3. The van der Waals surface area contributed by atoms with E-state index in [2.05, 4.69) is 15.3 Å². The number of benzene rings is 1. The molecule has 1 amide bonds. The Balaban J connectivity index is 1.72. The van der Waals surface area contributed by atoms with Crippen LogP contribution < -0.4 is 10.1 Å². The zero-order valence-electron chi connectivity index (χ0n) is 16.6. The monoisotopic (exact) mass is 377 g/mol. The Morgan fingerprint density at radius 3 is 2.36 bits per heavy atom. The number of anilines is 1. The highest BCUT2D eigenvalue weighted by Crippen LogP contribution is 2.24. The number of rotatable bonds is 5. The Kier molecular flexibility index (Phi) is 5.31. The van der Waals surface area contributed by atoms with Gasteiger partial charge in [-0.25, -0.2) is 4.98 Å². The minimum absolute atomic E-state index is 0.0696. The number of aryl methyl sites for hydroxylation is 3. The number of pyridine rings is 1. The van der Waals surface area contributed by atoms with Gasteiger partial charge in [-0.05, 0) is 69.5 Å². The van der Waals surface area contributed by atoms with Crippen molar-refractivity contribution < 1.29 is 14.3 Å². The molecule has 28 heavy (non-hydrogen) atoms. The average Bonchev–Trinajstić information content (AvgIpc) is 2.94. The van der Waals surface area contributed by atoms with Crippen molar-refractivity contribution in [2.75, 3.05) is 5.32 Å². The molecule has 3 aromatic rings. The van der Waals surface area contributed by atoms with Crippen LogP contribution >= 0.6 is 0 Å². The molecule has 3 rings (SSSR count). The second kappa shape index (κ2) is 7.68. The minimum Gasteiger partial charge on any atom is -0.439 e. The first kappa shape index (κ1) is 19.4. The molecule has 144 valence electrons. The van der Waals surface area contributed by atoms with Crippen LogP contribution in [0.2, 0.25) is 0 Å². The highest BCUT2D eigenvalue weighted by molar-refractivity contribution is 6.07. The lowest BCUT2D eigenvalue weighted by Crippen LogP contribution is -2.14. The number of aromatic nitrogens is 2. The number of ether oxygens (including phenoxy) is 1. The fourth-order valence-corrected chi connectivity index (χ4v) is 3.11. The fraction of sp³-hybridized carbons (Fsp3) is 0.227. The molecule has 0 bridgehead atoms. The predicted octanol–water partition coefficient (Wildman–Crippen LogP) is 4.89. The molecular formula is C22H23N3O3. The number of hydrogen-bond donors (Lipinski definition) is 2. The SMILES string of the molecule is CC(=O)c1c(C)[nH]c(C(=O)Nc2ccc(Oc3ccc(C)c(C)c3)nc2)c1C. The minimum atomic E-state index is -0.322. The van der Waals surface area contributed by atoms with Crippen LogP contribution in [-0.2, 0) is 0 Å².